The van der Waals surface area contributed by atoms with Crippen LogP contribution in [-0.2, 0) is 11.2 Å². The smallest absolute Gasteiger partial charge is 0.139 e. The lowest BCUT2D eigenvalue weighted by Crippen LogP contribution is -1.99. The maximum atomic E-state index is 11.0. The Morgan fingerprint density at radius 3 is 2.67 bits per heavy atom. The molecular weight excluding hydrogens is 260 g/mol. The molecule has 15 heavy (non-hydrogen) atoms. The summed E-state index contributed by atoms with van der Waals surface area (Å²) in [5, 5.41) is 9.83. The summed E-state index contributed by atoms with van der Waals surface area (Å²) < 4.78 is 5.87. The number of benzene rings is 1. The molecule has 0 amide bonds. The van der Waals surface area contributed by atoms with Crippen LogP contribution in [0.3, 0.4) is 0 Å². The predicted octanol–water partition coefficient (Wildman–Crippen LogP) is 2.60. The van der Waals surface area contributed by atoms with Crippen LogP contribution in [0.5, 0.6) is 11.5 Å². The molecular formula is C11H13BrO3. The van der Waals surface area contributed by atoms with Crippen molar-refractivity contribution in [3.05, 3.63) is 21.7 Å². The third-order valence-corrected chi connectivity index (χ3v) is 2.75. The van der Waals surface area contributed by atoms with Gasteiger partial charge in [0, 0.05) is 17.5 Å². The molecule has 0 aliphatic carbocycles. The second-order valence-corrected chi connectivity index (χ2v) is 4.26. The van der Waals surface area contributed by atoms with Crippen LogP contribution in [0.1, 0.15) is 18.1 Å². The first-order valence-electron chi connectivity index (χ1n) is 4.51. The van der Waals surface area contributed by atoms with E-state index in [-0.39, 0.29) is 18.0 Å². The van der Waals surface area contributed by atoms with Crippen LogP contribution in [0, 0.1) is 6.92 Å². The zero-order chi connectivity index (χ0) is 11.6. The highest BCUT2D eigenvalue weighted by Crippen LogP contribution is 2.37. The van der Waals surface area contributed by atoms with Gasteiger partial charge in [0.2, 0.25) is 0 Å². The summed E-state index contributed by atoms with van der Waals surface area (Å²) in [6, 6.07) is 1.71. The zero-order valence-electron chi connectivity index (χ0n) is 8.93. The number of carbonyl (C=O) groups is 1. The lowest BCUT2D eigenvalue weighted by Gasteiger charge is -2.12. The number of ketones is 1. The molecule has 1 aromatic carbocycles. The second-order valence-electron chi connectivity index (χ2n) is 3.40. The quantitative estimate of drug-likeness (QED) is 0.920. The minimum Gasteiger partial charge on any atom is -0.507 e. The Labute approximate surface area is 97.2 Å². The molecule has 3 nitrogen and oxygen atoms in total. The Kier molecular flexibility index (Phi) is 3.74. The van der Waals surface area contributed by atoms with Crippen molar-refractivity contribution >= 4 is 21.7 Å². The van der Waals surface area contributed by atoms with Gasteiger partial charge in [0.15, 0.2) is 0 Å². The minimum absolute atomic E-state index is 0.0155. The predicted molar refractivity (Wildman–Crippen MR) is 61.5 cm³/mol. The number of rotatable bonds is 3. The first kappa shape index (κ1) is 12.0. The van der Waals surface area contributed by atoms with Gasteiger partial charge in [0.1, 0.15) is 17.3 Å². The summed E-state index contributed by atoms with van der Waals surface area (Å²) in [7, 11) is 1.54. The topological polar surface area (TPSA) is 46.5 Å². The molecule has 0 bridgehead atoms. The molecule has 0 aromatic heterocycles. The second kappa shape index (κ2) is 4.66. The molecule has 0 heterocycles. The van der Waals surface area contributed by atoms with Gasteiger partial charge in [-0.15, -0.1) is 0 Å². The standard InChI is InChI=1S/C11H13BrO3/c1-6(13)4-8-5-9(12)11(15-3)7(2)10(8)14/h5,14H,4H2,1-3H3. The van der Waals surface area contributed by atoms with E-state index in [2.05, 4.69) is 15.9 Å². The van der Waals surface area contributed by atoms with E-state index in [0.717, 1.165) is 4.47 Å². The molecule has 82 valence electrons. The normalized spacial score (nSPS) is 10.1. The highest BCUT2D eigenvalue weighted by atomic mass is 79.9. The van der Waals surface area contributed by atoms with E-state index in [0.29, 0.717) is 16.9 Å². The number of aromatic hydroxyl groups is 1. The van der Waals surface area contributed by atoms with E-state index < -0.39 is 0 Å². The van der Waals surface area contributed by atoms with Crippen LogP contribution in [-0.4, -0.2) is 18.0 Å². The summed E-state index contributed by atoms with van der Waals surface area (Å²) in [6.07, 6.45) is 0.231. The van der Waals surface area contributed by atoms with Crippen LogP contribution in [0.25, 0.3) is 0 Å². The highest BCUT2D eigenvalue weighted by Gasteiger charge is 2.14. The lowest BCUT2D eigenvalue weighted by atomic mass is 10.0. The van der Waals surface area contributed by atoms with Crippen molar-refractivity contribution in [2.75, 3.05) is 7.11 Å². The fourth-order valence-electron chi connectivity index (χ4n) is 1.47. The molecule has 4 heteroatoms. The van der Waals surface area contributed by atoms with Gasteiger partial charge in [0.05, 0.1) is 11.6 Å². The van der Waals surface area contributed by atoms with Crippen molar-refractivity contribution in [3.8, 4) is 11.5 Å². The summed E-state index contributed by atoms with van der Waals surface area (Å²) in [5.41, 5.74) is 1.26. The average Bonchev–Trinajstić information content (AvgIpc) is 2.14. The molecule has 0 fully saturated rings. The van der Waals surface area contributed by atoms with Crippen LogP contribution in [0.2, 0.25) is 0 Å². The summed E-state index contributed by atoms with van der Waals surface area (Å²) in [6.45, 7) is 3.25. The van der Waals surface area contributed by atoms with Crippen molar-refractivity contribution in [2.24, 2.45) is 0 Å². The molecule has 0 unspecified atom stereocenters. The number of ether oxygens (including phenoxy) is 1. The third-order valence-electron chi connectivity index (χ3n) is 2.16. The molecule has 1 N–H and O–H groups in total. The Balaban J connectivity index is 3.27. The molecule has 1 aromatic rings. The number of hydrogen-bond acceptors (Lipinski definition) is 3. The fourth-order valence-corrected chi connectivity index (χ4v) is 2.20. The summed E-state index contributed by atoms with van der Waals surface area (Å²) in [4.78, 5) is 11.0. The third kappa shape index (κ3) is 2.50. The van der Waals surface area contributed by atoms with Crippen LogP contribution in [0.15, 0.2) is 10.5 Å². The maximum Gasteiger partial charge on any atom is 0.139 e. The van der Waals surface area contributed by atoms with Gasteiger partial charge in [-0.3, -0.25) is 4.79 Å². The number of phenolic OH excluding ortho intramolecular Hbond substituents is 1. The van der Waals surface area contributed by atoms with Gasteiger partial charge in [-0.25, -0.2) is 0 Å². The molecule has 0 atom stereocenters. The van der Waals surface area contributed by atoms with Crippen molar-refractivity contribution < 1.29 is 14.6 Å². The van der Waals surface area contributed by atoms with E-state index >= 15 is 0 Å². The molecule has 0 spiro atoms. The van der Waals surface area contributed by atoms with Gasteiger partial charge >= 0.3 is 0 Å². The number of methoxy groups -OCH3 is 1. The van der Waals surface area contributed by atoms with E-state index in [9.17, 15) is 9.90 Å². The molecule has 1 rings (SSSR count). The van der Waals surface area contributed by atoms with Crippen molar-refractivity contribution in [1.29, 1.82) is 0 Å². The monoisotopic (exact) mass is 272 g/mol. The first-order valence-corrected chi connectivity index (χ1v) is 5.31. The Bertz CT molecular complexity index is 399. The highest BCUT2D eigenvalue weighted by molar-refractivity contribution is 9.10. The van der Waals surface area contributed by atoms with Crippen molar-refractivity contribution in [2.45, 2.75) is 20.3 Å². The molecule has 0 saturated carbocycles. The summed E-state index contributed by atoms with van der Waals surface area (Å²) in [5.74, 6) is 0.742. The number of Topliss-reactive ketones (excluding diaryl/α,β-unsaturated/α-hetero) is 1. The van der Waals surface area contributed by atoms with Gasteiger partial charge in [-0.05, 0) is 35.8 Å². The number of phenols is 1. The number of hydrogen-bond donors (Lipinski definition) is 1. The average molecular weight is 273 g/mol. The Morgan fingerprint density at radius 1 is 1.60 bits per heavy atom. The maximum absolute atomic E-state index is 11.0. The van der Waals surface area contributed by atoms with Crippen molar-refractivity contribution in [3.63, 3.8) is 0 Å². The number of halogens is 1. The van der Waals surface area contributed by atoms with E-state index in [4.69, 9.17) is 4.74 Å². The van der Waals surface area contributed by atoms with Gasteiger partial charge in [-0.1, -0.05) is 0 Å². The molecule has 0 aliphatic heterocycles. The van der Waals surface area contributed by atoms with E-state index in [1.54, 1.807) is 13.0 Å². The lowest BCUT2D eigenvalue weighted by molar-refractivity contribution is -0.116. The first-order chi connectivity index (χ1) is 6.97. The minimum atomic E-state index is 0.0155. The molecule has 0 radical (unpaired) electrons. The van der Waals surface area contributed by atoms with Crippen LogP contribution >= 0.6 is 15.9 Å². The Morgan fingerprint density at radius 2 is 2.20 bits per heavy atom. The SMILES string of the molecule is COc1c(Br)cc(CC(C)=O)c(O)c1C. The van der Waals surface area contributed by atoms with E-state index in [1.165, 1.54) is 14.0 Å². The van der Waals surface area contributed by atoms with E-state index in [1.807, 2.05) is 0 Å². The van der Waals surface area contributed by atoms with Crippen LogP contribution < -0.4 is 4.74 Å². The number of carbonyl (C=O) groups excluding carboxylic acids is 1. The van der Waals surface area contributed by atoms with Crippen LogP contribution in [0.4, 0.5) is 0 Å². The largest absolute Gasteiger partial charge is 0.507 e. The Hall–Kier alpha value is -1.03. The van der Waals surface area contributed by atoms with Gasteiger partial charge in [0.25, 0.3) is 0 Å². The van der Waals surface area contributed by atoms with Crippen molar-refractivity contribution in [1.82, 2.24) is 0 Å². The van der Waals surface area contributed by atoms with Gasteiger partial charge in [-0.2, -0.15) is 0 Å². The summed E-state index contributed by atoms with van der Waals surface area (Å²) >= 11 is 3.33. The molecule has 0 aliphatic rings. The zero-order valence-corrected chi connectivity index (χ0v) is 10.5. The molecule has 0 saturated heterocycles. The fraction of sp³-hybridized carbons (Fsp3) is 0.364. The van der Waals surface area contributed by atoms with Gasteiger partial charge < -0.3 is 9.84 Å².